The summed E-state index contributed by atoms with van der Waals surface area (Å²) in [5, 5.41) is 1.24. The second-order valence-corrected chi connectivity index (χ2v) is 4.80. The van der Waals surface area contributed by atoms with Crippen LogP contribution in [-0.2, 0) is 11.3 Å². The van der Waals surface area contributed by atoms with Gasteiger partial charge in [0.2, 0.25) is 0 Å². The van der Waals surface area contributed by atoms with E-state index in [0.29, 0.717) is 6.61 Å². The van der Waals surface area contributed by atoms with E-state index in [9.17, 15) is 0 Å². The molecule has 3 aromatic rings. The summed E-state index contributed by atoms with van der Waals surface area (Å²) in [6.45, 7) is 3.70. The van der Waals surface area contributed by atoms with E-state index in [1.165, 1.54) is 16.5 Å². The molecule has 0 atom stereocenters. The third-order valence-electron chi connectivity index (χ3n) is 3.44. The maximum atomic E-state index is 5.16. The summed E-state index contributed by atoms with van der Waals surface area (Å²) in [6, 6.07) is 8.18. The van der Waals surface area contributed by atoms with Crippen molar-refractivity contribution >= 4 is 10.9 Å². The molecule has 0 aliphatic carbocycles. The number of rotatable bonds is 4. The molecule has 102 valence electrons. The van der Waals surface area contributed by atoms with Crippen molar-refractivity contribution in [2.75, 3.05) is 13.7 Å². The molecule has 4 heteroatoms. The smallest absolute Gasteiger partial charge is 0.159 e. The maximum absolute atomic E-state index is 5.16. The average molecular weight is 267 g/mol. The van der Waals surface area contributed by atoms with E-state index < -0.39 is 0 Å². The Hall–Kier alpha value is -2.20. The van der Waals surface area contributed by atoms with E-state index in [1.54, 1.807) is 19.5 Å². The fraction of sp³-hybridized carbons (Fsp3) is 0.250. The van der Waals surface area contributed by atoms with Crippen LogP contribution in [0.2, 0.25) is 0 Å². The highest BCUT2D eigenvalue weighted by Crippen LogP contribution is 2.25. The highest BCUT2D eigenvalue weighted by molar-refractivity contribution is 5.87. The number of aryl methyl sites for hydroxylation is 1. The van der Waals surface area contributed by atoms with Crippen LogP contribution >= 0.6 is 0 Å². The fourth-order valence-electron chi connectivity index (χ4n) is 2.44. The van der Waals surface area contributed by atoms with Gasteiger partial charge in [0.1, 0.15) is 0 Å². The highest BCUT2D eigenvalue weighted by Gasteiger charge is 2.08. The lowest BCUT2D eigenvalue weighted by atomic mass is 10.1. The molecule has 0 N–H and O–H groups in total. The van der Waals surface area contributed by atoms with Gasteiger partial charge in [-0.25, -0.2) is 9.97 Å². The Labute approximate surface area is 118 Å². The van der Waals surface area contributed by atoms with Crippen LogP contribution in [0, 0.1) is 6.92 Å². The van der Waals surface area contributed by atoms with Gasteiger partial charge in [0, 0.05) is 48.7 Å². The van der Waals surface area contributed by atoms with Crippen LogP contribution in [-0.4, -0.2) is 28.3 Å². The Kier molecular flexibility index (Phi) is 3.48. The largest absolute Gasteiger partial charge is 0.383 e. The molecule has 2 heterocycles. The molecule has 0 bridgehead atoms. The van der Waals surface area contributed by atoms with E-state index in [2.05, 4.69) is 45.9 Å². The van der Waals surface area contributed by atoms with Gasteiger partial charge in [0.15, 0.2) is 5.82 Å². The van der Waals surface area contributed by atoms with Crippen molar-refractivity contribution in [3.05, 3.63) is 48.4 Å². The number of nitrogens with zero attached hydrogens (tertiary/aromatic N) is 3. The van der Waals surface area contributed by atoms with E-state index >= 15 is 0 Å². The summed E-state index contributed by atoms with van der Waals surface area (Å²) in [7, 11) is 1.73. The average Bonchev–Trinajstić information content (AvgIpc) is 2.82. The molecule has 0 unspecified atom stereocenters. The van der Waals surface area contributed by atoms with Crippen molar-refractivity contribution in [1.82, 2.24) is 14.5 Å². The van der Waals surface area contributed by atoms with E-state index in [4.69, 9.17) is 4.74 Å². The third kappa shape index (κ3) is 2.30. The predicted molar refractivity (Wildman–Crippen MR) is 79.6 cm³/mol. The minimum absolute atomic E-state index is 0.715. The van der Waals surface area contributed by atoms with Crippen LogP contribution < -0.4 is 0 Å². The van der Waals surface area contributed by atoms with Crippen LogP contribution in [0.4, 0.5) is 0 Å². The number of hydrogen-bond acceptors (Lipinski definition) is 3. The molecule has 20 heavy (non-hydrogen) atoms. The zero-order chi connectivity index (χ0) is 13.9. The van der Waals surface area contributed by atoms with Gasteiger partial charge in [-0.05, 0) is 36.8 Å². The molecule has 0 aliphatic heterocycles. The Morgan fingerprint density at radius 3 is 2.75 bits per heavy atom. The van der Waals surface area contributed by atoms with Crippen LogP contribution in [0.3, 0.4) is 0 Å². The number of ether oxygens (including phenoxy) is 1. The molecule has 2 aromatic heterocycles. The quantitative estimate of drug-likeness (QED) is 0.729. The summed E-state index contributed by atoms with van der Waals surface area (Å²) >= 11 is 0. The van der Waals surface area contributed by atoms with Crippen LogP contribution in [0.25, 0.3) is 22.3 Å². The van der Waals surface area contributed by atoms with Gasteiger partial charge in [-0.1, -0.05) is 0 Å². The van der Waals surface area contributed by atoms with Crippen molar-refractivity contribution < 1.29 is 4.74 Å². The molecule has 0 fully saturated rings. The predicted octanol–water partition coefficient (Wildman–Crippen LogP) is 3.05. The standard InChI is InChI=1S/C16H17N3O/c1-12-11-19(8-9-20-2)15-5-4-13(10-14(12)15)16-17-6-3-7-18-16/h3-7,10-11H,8-9H2,1-2H3. The first-order valence-electron chi connectivity index (χ1n) is 6.65. The maximum Gasteiger partial charge on any atom is 0.159 e. The molecule has 1 aromatic carbocycles. The highest BCUT2D eigenvalue weighted by atomic mass is 16.5. The van der Waals surface area contributed by atoms with Gasteiger partial charge in [0.05, 0.1) is 6.61 Å². The van der Waals surface area contributed by atoms with E-state index in [-0.39, 0.29) is 0 Å². The number of fused-ring (bicyclic) bond motifs is 1. The lowest BCUT2D eigenvalue weighted by Gasteiger charge is -2.05. The topological polar surface area (TPSA) is 39.9 Å². The molecular weight excluding hydrogens is 250 g/mol. The molecule has 4 nitrogen and oxygen atoms in total. The zero-order valence-electron chi connectivity index (χ0n) is 11.7. The Balaban J connectivity index is 2.06. The number of hydrogen-bond donors (Lipinski definition) is 0. The summed E-state index contributed by atoms with van der Waals surface area (Å²) in [4.78, 5) is 8.61. The monoisotopic (exact) mass is 267 g/mol. The van der Waals surface area contributed by atoms with E-state index in [1.807, 2.05) is 6.07 Å². The van der Waals surface area contributed by atoms with Gasteiger partial charge >= 0.3 is 0 Å². The molecule has 0 spiro atoms. The molecule has 3 rings (SSSR count). The number of methoxy groups -OCH3 is 1. The first-order valence-corrected chi connectivity index (χ1v) is 6.65. The van der Waals surface area contributed by atoms with Crippen molar-refractivity contribution in [1.29, 1.82) is 0 Å². The van der Waals surface area contributed by atoms with Gasteiger partial charge < -0.3 is 9.30 Å². The van der Waals surface area contributed by atoms with Crippen LogP contribution in [0.15, 0.2) is 42.9 Å². The Morgan fingerprint density at radius 1 is 1.20 bits per heavy atom. The van der Waals surface area contributed by atoms with Crippen molar-refractivity contribution in [2.45, 2.75) is 13.5 Å². The molecule has 0 amide bonds. The second kappa shape index (κ2) is 5.43. The Bertz CT molecular complexity index is 719. The second-order valence-electron chi connectivity index (χ2n) is 4.80. The van der Waals surface area contributed by atoms with Gasteiger partial charge in [-0.3, -0.25) is 0 Å². The van der Waals surface area contributed by atoms with Crippen LogP contribution in [0.1, 0.15) is 5.56 Å². The van der Waals surface area contributed by atoms with Gasteiger partial charge in [0.25, 0.3) is 0 Å². The lowest BCUT2D eigenvalue weighted by molar-refractivity contribution is 0.188. The molecular formula is C16H17N3O. The lowest BCUT2D eigenvalue weighted by Crippen LogP contribution is -2.02. The first kappa shape index (κ1) is 12.8. The normalized spacial score (nSPS) is 11.1. The molecule has 0 saturated carbocycles. The molecule has 0 saturated heterocycles. The zero-order valence-corrected chi connectivity index (χ0v) is 11.7. The SMILES string of the molecule is COCCn1cc(C)c2cc(-c3ncccn3)ccc21. The Morgan fingerprint density at radius 2 is 2.00 bits per heavy atom. The summed E-state index contributed by atoms with van der Waals surface area (Å²) in [6.07, 6.45) is 5.70. The van der Waals surface area contributed by atoms with Crippen molar-refractivity contribution in [3.8, 4) is 11.4 Å². The minimum atomic E-state index is 0.715. The van der Waals surface area contributed by atoms with E-state index in [0.717, 1.165) is 17.9 Å². The third-order valence-corrected chi connectivity index (χ3v) is 3.44. The first-order chi connectivity index (χ1) is 9.79. The van der Waals surface area contributed by atoms with Gasteiger partial charge in [-0.15, -0.1) is 0 Å². The van der Waals surface area contributed by atoms with Gasteiger partial charge in [-0.2, -0.15) is 0 Å². The summed E-state index contributed by atoms with van der Waals surface area (Å²) in [5.41, 5.74) is 3.53. The van der Waals surface area contributed by atoms with Crippen molar-refractivity contribution in [3.63, 3.8) is 0 Å². The molecule has 0 radical (unpaired) electrons. The van der Waals surface area contributed by atoms with Crippen molar-refractivity contribution in [2.24, 2.45) is 0 Å². The number of aromatic nitrogens is 3. The summed E-state index contributed by atoms with van der Waals surface area (Å²) < 4.78 is 7.38. The number of benzene rings is 1. The minimum Gasteiger partial charge on any atom is -0.383 e. The summed E-state index contributed by atoms with van der Waals surface area (Å²) in [5.74, 6) is 0.762. The fourth-order valence-corrected chi connectivity index (χ4v) is 2.44. The van der Waals surface area contributed by atoms with Crippen LogP contribution in [0.5, 0.6) is 0 Å². The molecule has 0 aliphatic rings.